The van der Waals surface area contributed by atoms with Crippen molar-refractivity contribution in [2.45, 2.75) is 38.1 Å². The fourth-order valence-corrected chi connectivity index (χ4v) is 2.18. The Morgan fingerprint density at radius 1 is 1.44 bits per heavy atom. The molecule has 0 unspecified atom stereocenters. The predicted octanol–water partition coefficient (Wildman–Crippen LogP) is 2.52. The number of aromatic carboxylic acids is 1. The van der Waals surface area contributed by atoms with E-state index < -0.39 is 5.97 Å². The maximum atomic E-state index is 10.7. The average molecular weight is 220 g/mol. The van der Waals surface area contributed by atoms with E-state index in [2.05, 4.69) is 17.2 Å². The summed E-state index contributed by atoms with van der Waals surface area (Å²) in [5.74, 6) is -0.180. The second-order valence-corrected chi connectivity index (χ2v) is 4.63. The maximum Gasteiger partial charge on any atom is 0.337 e. The van der Waals surface area contributed by atoms with E-state index in [9.17, 15) is 4.79 Å². The lowest BCUT2D eigenvalue weighted by Gasteiger charge is -2.25. The van der Waals surface area contributed by atoms with Crippen LogP contribution in [-0.4, -0.2) is 21.6 Å². The standard InChI is InChI=1S/C12H16N2O2/c1-12(6-2-3-7-12)14-10-5-4-9(8-13-10)11(15)16/h4-5,8H,2-3,6-7H2,1H3,(H,13,14)(H,15,16). The number of rotatable bonds is 3. The molecular formula is C12H16N2O2. The molecule has 0 aliphatic heterocycles. The molecule has 86 valence electrons. The van der Waals surface area contributed by atoms with Gasteiger partial charge in [0, 0.05) is 11.7 Å². The molecule has 0 amide bonds. The molecule has 1 aromatic rings. The van der Waals surface area contributed by atoms with Gasteiger partial charge in [0.1, 0.15) is 5.82 Å². The van der Waals surface area contributed by atoms with Crippen LogP contribution in [0.25, 0.3) is 0 Å². The molecule has 0 spiro atoms. The van der Waals surface area contributed by atoms with Crippen LogP contribution in [0.4, 0.5) is 5.82 Å². The third-order valence-electron chi connectivity index (χ3n) is 3.15. The van der Waals surface area contributed by atoms with Gasteiger partial charge in [-0.2, -0.15) is 0 Å². The number of carboxylic acid groups (broad SMARTS) is 1. The van der Waals surface area contributed by atoms with E-state index in [-0.39, 0.29) is 11.1 Å². The Labute approximate surface area is 94.7 Å². The largest absolute Gasteiger partial charge is 0.478 e. The van der Waals surface area contributed by atoms with Crippen LogP contribution in [0.2, 0.25) is 0 Å². The number of hydrogen-bond acceptors (Lipinski definition) is 3. The highest BCUT2D eigenvalue weighted by molar-refractivity contribution is 5.87. The molecule has 1 aliphatic carbocycles. The van der Waals surface area contributed by atoms with Gasteiger partial charge >= 0.3 is 5.97 Å². The Hall–Kier alpha value is -1.58. The maximum absolute atomic E-state index is 10.7. The van der Waals surface area contributed by atoms with E-state index in [0.717, 1.165) is 18.7 Å². The minimum absolute atomic E-state index is 0.123. The first-order valence-corrected chi connectivity index (χ1v) is 5.57. The van der Waals surface area contributed by atoms with E-state index in [0.29, 0.717) is 0 Å². The lowest BCUT2D eigenvalue weighted by atomic mass is 10.0. The van der Waals surface area contributed by atoms with Crippen molar-refractivity contribution in [1.29, 1.82) is 0 Å². The van der Waals surface area contributed by atoms with Gasteiger partial charge in [-0.1, -0.05) is 12.8 Å². The fourth-order valence-electron chi connectivity index (χ4n) is 2.18. The van der Waals surface area contributed by atoms with Gasteiger partial charge in [0.25, 0.3) is 0 Å². The zero-order valence-electron chi connectivity index (χ0n) is 9.36. The Bertz CT molecular complexity index is 381. The van der Waals surface area contributed by atoms with Crippen LogP contribution >= 0.6 is 0 Å². The van der Waals surface area contributed by atoms with Crippen molar-refractivity contribution in [3.05, 3.63) is 23.9 Å². The van der Waals surface area contributed by atoms with Crippen molar-refractivity contribution in [2.75, 3.05) is 5.32 Å². The average Bonchev–Trinajstić information content (AvgIpc) is 2.65. The SMILES string of the molecule is CC1(Nc2ccc(C(=O)O)cn2)CCCC1. The van der Waals surface area contributed by atoms with Gasteiger partial charge in [0.05, 0.1) is 5.56 Å². The van der Waals surface area contributed by atoms with Crippen LogP contribution < -0.4 is 5.32 Å². The summed E-state index contributed by atoms with van der Waals surface area (Å²) in [5, 5.41) is 12.1. The minimum Gasteiger partial charge on any atom is -0.478 e. The first-order valence-electron chi connectivity index (χ1n) is 5.57. The van der Waals surface area contributed by atoms with Gasteiger partial charge in [0.15, 0.2) is 0 Å². The lowest BCUT2D eigenvalue weighted by molar-refractivity contribution is 0.0696. The molecule has 2 rings (SSSR count). The summed E-state index contributed by atoms with van der Waals surface area (Å²) < 4.78 is 0. The molecule has 1 aliphatic rings. The molecule has 2 N–H and O–H groups in total. The van der Waals surface area contributed by atoms with Gasteiger partial charge in [0.2, 0.25) is 0 Å². The summed E-state index contributed by atoms with van der Waals surface area (Å²) in [6, 6.07) is 3.31. The summed E-state index contributed by atoms with van der Waals surface area (Å²) in [4.78, 5) is 14.8. The molecule has 4 nitrogen and oxygen atoms in total. The molecule has 0 radical (unpaired) electrons. The van der Waals surface area contributed by atoms with E-state index >= 15 is 0 Å². The molecule has 16 heavy (non-hydrogen) atoms. The smallest absolute Gasteiger partial charge is 0.337 e. The van der Waals surface area contributed by atoms with Crippen LogP contribution in [0.15, 0.2) is 18.3 Å². The van der Waals surface area contributed by atoms with Gasteiger partial charge in [-0.15, -0.1) is 0 Å². The molecular weight excluding hydrogens is 204 g/mol. The molecule has 0 saturated heterocycles. The van der Waals surface area contributed by atoms with Crippen molar-refractivity contribution in [3.8, 4) is 0 Å². The molecule has 1 aromatic heterocycles. The Morgan fingerprint density at radius 3 is 2.62 bits per heavy atom. The van der Waals surface area contributed by atoms with Gasteiger partial charge < -0.3 is 10.4 Å². The third-order valence-corrected chi connectivity index (χ3v) is 3.15. The minimum atomic E-state index is -0.939. The summed E-state index contributed by atoms with van der Waals surface area (Å²) in [5.41, 5.74) is 0.347. The molecule has 1 saturated carbocycles. The molecule has 0 bridgehead atoms. The molecule has 0 aromatic carbocycles. The normalized spacial score (nSPS) is 18.3. The number of anilines is 1. The second kappa shape index (κ2) is 4.12. The first-order chi connectivity index (χ1) is 7.59. The van der Waals surface area contributed by atoms with Crippen LogP contribution in [0.1, 0.15) is 43.0 Å². The summed E-state index contributed by atoms with van der Waals surface area (Å²) in [7, 11) is 0. The van der Waals surface area contributed by atoms with Gasteiger partial charge in [-0.25, -0.2) is 9.78 Å². The monoisotopic (exact) mass is 220 g/mol. The molecule has 4 heteroatoms. The molecule has 1 heterocycles. The van der Waals surface area contributed by atoms with Crippen molar-refractivity contribution in [3.63, 3.8) is 0 Å². The number of nitrogens with zero attached hydrogens (tertiary/aromatic N) is 1. The van der Waals surface area contributed by atoms with E-state index in [1.807, 2.05) is 0 Å². The highest BCUT2D eigenvalue weighted by Gasteiger charge is 2.28. The lowest BCUT2D eigenvalue weighted by Crippen LogP contribution is -2.31. The topological polar surface area (TPSA) is 62.2 Å². The van der Waals surface area contributed by atoms with Gasteiger partial charge in [-0.05, 0) is 31.9 Å². The van der Waals surface area contributed by atoms with Crippen LogP contribution in [0.5, 0.6) is 0 Å². The van der Waals surface area contributed by atoms with Crippen molar-refractivity contribution in [2.24, 2.45) is 0 Å². The van der Waals surface area contributed by atoms with Crippen molar-refractivity contribution in [1.82, 2.24) is 4.98 Å². The summed E-state index contributed by atoms with van der Waals surface area (Å²) in [6.07, 6.45) is 6.18. The highest BCUT2D eigenvalue weighted by Crippen LogP contribution is 2.31. The Morgan fingerprint density at radius 2 is 2.12 bits per heavy atom. The fraction of sp³-hybridized carbons (Fsp3) is 0.500. The van der Waals surface area contributed by atoms with Crippen LogP contribution in [0, 0.1) is 0 Å². The zero-order valence-corrected chi connectivity index (χ0v) is 9.36. The van der Waals surface area contributed by atoms with Crippen molar-refractivity contribution < 1.29 is 9.90 Å². The Balaban J connectivity index is 2.07. The molecule has 1 fully saturated rings. The zero-order chi connectivity index (χ0) is 11.6. The summed E-state index contributed by atoms with van der Waals surface area (Å²) in [6.45, 7) is 2.19. The number of carbonyl (C=O) groups is 1. The van der Waals surface area contributed by atoms with Crippen LogP contribution in [-0.2, 0) is 0 Å². The number of aromatic nitrogens is 1. The van der Waals surface area contributed by atoms with E-state index in [1.54, 1.807) is 12.1 Å². The first kappa shape index (κ1) is 10.9. The third kappa shape index (κ3) is 2.32. The van der Waals surface area contributed by atoms with Crippen molar-refractivity contribution >= 4 is 11.8 Å². The Kier molecular flexibility index (Phi) is 2.81. The summed E-state index contributed by atoms with van der Waals surface area (Å²) >= 11 is 0. The highest BCUT2D eigenvalue weighted by atomic mass is 16.4. The quantitative estimate of drug-likeness (QED) is 0.821. The predicted molar refractivity (Wildman–Crippen MR) is 61.7 cm³/mol. The number of carboxylic acids is 1. The van der Waals surface area contributed by atoms with Gasteiger partial charge in [-0.3, -0.25) is 0 Å². The number of pyridine rings is 1. The van der Waals surface area contributed by atoms with E-state index in [1.165, 1.54) is 19.0 Å². The molecule has 0 atom stereocenters. The van der Waals surface area contributed by atoms with E-state index in [4.69, 9.17) is 5.11 Å². The number of nitrogens with one attached hydrogen (secondary N) is 1. The van der Waals surface area contributed by atoms with Crippen LogP contribution in [0.3, 0.4) is 0 Å². The number of hydrogen-bond donors (Lipinski definition) is 2. The second-order valence-electron chi connectivity index (χ2n) is 4.63.